The fourth-order valence-corrected chi connectivity index (χ4v) is 2.52. The van der Waals surface area contributed by atoms with Gasteiger partial charge in [0.25, 0.3) is 0 Å². The first kappa shape index (κ1) is 12.1. The van der Waals surface area contributed by atoms with E-state index in [1.165, 1.54) is 27.8 Å². The van der Waals surface area contributed by atoms with Gasteiger partial charge in [-0.25, -0.2) is 0 Å². The van der Waals surface area contributed by atoms with E-state index < -0.39 is 0 Å². The highest BCUT2D eigenvalue weighted by Crippen LogP contribution is 2.28. The fraction of sp³-hybridized carbons (Fsp3) is 0.294. The van der Waals surface area contributed by atoms with Crippen molar-refractivity contribution in [1.29, 1.82) is 0 Å². The van der Waals surface area contributed by atoms with Crippen molar-refractivity contribution in [2.45, 2.75) is 33.2 Å². The van der Waals surface area contributed by atoms with Gasteiger partial charge in [-0.2, -0.15) is 0 Å². The van der Waals surface area contributed by atoms with Crippen LogP contribution in [-0.4, -0.2) is 11.2 Å². The predicted molar refractivity (Wildman–Crippen MR) is 79.8 cm³/mol. The number of nitrogens with zero attached hydrogens (tertiary/aromatic N) is 2. The number of rotatable bonds is 2. The molecule has 0 amide bonds. The molecule has 1 aliphatic rings. The second-order valence-corrected chi connectivity index (χ2v) is 5.46. The number of aromatic nitrogens is 1. The van der Waals surface area contributed by atoms with Gasteiger partial charge in [0.2, 0.25) is 0 Å². The average molecular weight is 250 g/mol. The Hall–Kier alpha value is -1.96. The standard InChI is InChI=1S/C17H18N2/c1-11(2)13-4-5-19-17(8-13)14-6-12(3)16-10-18-9-15(16)7-14/h4-9,11H,10H2,1-3H3. The van der Waals surface area contributed by atoms with Crippen molar-refractivity contribution in [3.63, 3.8) is 0 Å². The van der Waals surface area contributed by atoms with Crippen LogP contribution in [-0.2, 0) is 6.54 Å². The highest BCUT2D eigenvalue weighted by atomic mass is 14.7. The molecule has 0 bridgehead atoms. The van der Waals surface area contributed by atoms with Crippen LogP contribution < -0.4 is 0 Å². The lowest BCUT2D eigenvalue weighted by Gasteiger charge is -2.10. The van der Waals surface area contributed by atoms with Gasteiger partial charge in [-0.05, 0) is 59.4 Å². The molecule has 2 nitrogen and oxygen atoms in total. The molecule has 19 heavy (non-hydrogen) atoms. The van der Waals surface area contributed by atoms with Crippen LogP contribution in [0.3, 0.4) is 0 Å². The van der Waals surface area contributed by atoms with Crippen LogP contribution >= 0.6 is 0 Å². The number of pyridine rings is 1. The van der Waals surface area contributed by atoms with Crippen molar-refractivity contribution in [3.05, 3.63) is 52.7 Å². The van der Waals surface area contributed by atoms with Gasteiger partial charge in [0.1, 0.15) is 0 Å². The van der Waals surface area contributed by atoms with Crippen molar-refractivity contribution < 1.29 is 0 Å². The summed E-state index contributed by atoms with van der Waals surface area (Å²) in [7, 11) is 0. The van der Waals surface area contributed by atoms with E-state index >= 15 is 0 Å². The lowest BCUT2D eigenvalue weighted by Crippen LogP contribution is -1.94. The third-order valence-corrected chi connectivity index (χ3v) is 3.73. The van der Waals surface area contributed by atoms with E-state index in [9.17, 15) is 0 Å². The molecule has 2 heterocycles. The molecule has 0 spiro atoms. The minimum absolute atomic E-state index is 0.527. The molecule has 0 radical (unpaired) electrons. The number of fused-ring (bicyclic) bond motifs is 1. The Balaban J connectivity index is 2.10. The van der Waals surface area contributed by atoms with E-state index in [4.69, 9.17) is 0 Å². The zero-order valence-electron chi connectivity index (χ0n) is 11.6. The van der Waals surface area contributed by atoms with Crippen LogP contribution in [0.25, 0.3) is 11.3 Å². The van der Waals surface area contributed by atoms with E-state index in [0.29, 0.717) is 5.92 Å². The van der Waals surface area contributed by atoms with Gasteiger partial charge in [-0.1, -0.05) is 13.8 Å². The maximum atomic E-state index is 4.51. The maximum absolute atomic E-state index is 4.51. The number of hydrogen-bond acceptors (Lipinski definition) is 2. The maximum Gasteiger partial charge on any atom is 0.0705 e. The van der Waals surface area contributed by atoms with Gasteiger partial charge in [-0.15, -0.1) is 0 Å². The zero-order chi connectivity index (χ0) is 13.4. The minimum atomic E-state index is 0.527. The summed E-state index contributed by atoms with van der Waals surface area (Å²) in [5, 5.41) is 0. The SMILES string of the molecule is Cc1cc(-c2cc(C(C)C)ccn2)cc2c1CN=C2. The van der Waals surface area contributed by atoms with Crippen LogP contribution in [0.2, 0.25) is 0 Å². The van der Waals surface area contributed by atoms with Gasteiger partial charge in [0, 0.05) is 18.0 Å². The summed E-state index contributed by atoms with van der Waals surface area (Å²) in [6, 6.07) is 8.71. The third-order valence-electron chi connectivity index (χ3n) is 3.73. The summed E-state index contributed by atoms with van der Waals surface area (Å²) in [4.78, 5) is 8.86. The normalized spacial score (nSPS) is 13.1. The van der Waals surface area contributed by atoms with Gasteiger partial charge in [0.05, 0.1) is 12.2 Å². The summed E-state index contributed by atoms with van der Waals surface area (Å²) in [6.45, 7) is 7.39. The summed E-state index contributed by atoms with van der Waals surface area (Å²) >= 11 is 0. The van der Waals surface area contributed by atoms with Crippen molar-refractivity contribution in [3.8, 4) is 11.3 Å². The van der Waals surface area contributed by atoms with Gasteiger partial charge in [-0.3, -0.25) is 9.98 Å². The van der Waals surface area contributed by atoms with Gasteiger partial charge >= 0.3 is 0 Å². The van der Waals surface area contributed by atoms with Crippen LogP contribution in [0.1, 0.15) is 42.0 Å². The van der Waals surface area contributed by atoms with Gasteiger partial charge in [0.15, 0.2) is 0 Å². The van der Waals surface area contributed by atoms with Crippen molar-refractivity contribution in [2.24, 2.45) is 4.99 Å². The van der Waals surface area contributed by atoms with Crippen LogP contribution in [0.15, 0.2) is 35.5 Å². The monoisotopic (exact) mass is 250 g/mol. The van der Waals surface area contributed by atoms with Crippen LogP contribution in [0.5, 0.6) is 0 Å². The molecule has 0 atom stereocenters. The Bertz CT molecular complexity index is 654. The molecule has 0 N–H and O–H groups in total. The lowest BCUT2D eigenvalue weighted by molar-refractivity contribution is 0.864. The molecule has 1 aromatic carbocycles. The molecular formula is C17H18N2. The quantitative estimate of drug-likeness (QED) is 0.787. The van der Waals surface area contributed by atoms with Crippen LogP contribution in [0, 0.1) is 6.92 Å². The van der Waals surface area contributed by atoms with Crippen LogP contribution in [0.4, 0.5) is 0 Å². The molecule has 96 valence electrons. The highest BCUT2D eigenvalue weighted by molar-refractivity contribution is 5.87. The van der Waals surface area contributed by atoms with Crippen molar-refractivity contribution >= 4 is 6.21 Å². The Labute approximate surface area is 114 Å². The largest absolute Gasteiger partial charge is 0.288 e. The Kier molecular flexibility index (Phi) is 2.94. The third kappa shape index (κ3) is 2.19. The molecule has 3 rings (SSSR count). The van der Waals surface area contributed by atoms with E-state index in [1.807, 2.05) is 12.4 Å². The van der Waals surface area contributed by atoms with Crippen molar-refractivity contribution in [2.75, 3.05) is 0 Å². The smallest absolute Gasteiger partial charge is 0.0705 e. The topological polar surface area (TPSA) is 25.2 Å². The minimum Gasteiger partial charge on any atom is -0.288 e. The molecule has 0 fully saturated rings. The number of aliphatic imine (C=N–C) groups is 1. The summed E-state index contributed by atoms with van der Waals surface area (Å²) in [5.41, 5.74) is 7.47. The summed E-state index contributed by atoms with van der Waals surface area (Å²) in [5.74, 6) is 0.527. The fourth-order valence-electron chi connectivity index (χ4n) is 2.52. The molecule has 1 aliphatic heterocycles. The number of aryl methyl sites for hydroxylation is 1. The zero-order valence-corrected chi connectivity index (χ0v) is 11.6. The Morgan fingerprint density at radius 1 is 1.16 bits per heavy atom. The molecule has 0 saturated heterocycles. The predicted octanol–water partition coefficient (Wildman–Crippen LogP) is 4.11. The first-order valence-corrected chi connectivity index (χ1v) is 6.75. The Morgan fingerprint density at radius 2 is 2.00 bits per heavy atom. The molecular weight excluding hydrogens is 232 g/mol. The van der Waals surface area contributed by atoms with Crippen molar-refractivity contribution in [1.82, 2.24) is 4.98 Å². The van der Waals surface area contributed by atoms with E-state index in [2.05, 4.69) is 55.0 Å². The molecule has 0 unspecified atom stereocenters. The van der Waals surface area contributed by atoms with E-state index in [-0.39, 0.29) is 0 Å². The molecule has 0 saturated carbocycles. The highest BCUT2D eigenvalue weighted by Gasteiger charge is 2.12. The average Bonchev–Trinajstić information content (AvgIpc) is 2.87. The number of benzene rings is 1. The second kappa shape index (κ2) is 4.61. The van der Waals surface area contributed by atoms with Gasteiger partial charge < -0.3 is 0 Å². The molecule has 2 aromatic rings. The molecule has 2 heteroatoms. The first-order valence-electron chi connectivity index (χ1n) is 6.75. The first-order chi connectivity index (χ1) is 9.15. The molecule has 0 aliphatic carbocycles. The lowest BCUT2D eigenvalue weighted by atomic mass is 9.97. The second-order valence-electron chi connectivity index (χ2n) is 5.46. The van der Waals surface area contributed by atoms with E-state index in [0.717, 1.165) is 12.2 Å². The Morgan fingerprint density at radius 3 is 2.79 bits per heavy atom. The summed E-state index contributed by atoms with van der Waals surface area (Å²) in [6.07, 6.45) is 3.87. The van der Waals surface area contributed by atoms with E-state index in [1.54, 1.807) is 0 Å². The number of hydrogen-bond donors (Lipinski definition) is 0. The molecule has 1 aromatic heterocycles. The summed E-state index contributed by atoms with van der Waals surface area (Å²) < 4.78 is 0.